The Labute approximate surface area is 69.8 Å². The van der Waals surface area contributed by atoms with Crippen molar-refractivity contribution in [2.45, 2.75) is 6.17 Å². The Kier molecular flexibility index (Phi) is 2.49. The van der Waals surface area contributed by atoms with Gasteiger partial charge in [0.05, 0.1) is 0 Å². The third-order valence-electron chi connectivity index (χ3n) is 1.17. The number of rotatable bonds is 2. The smallest absolute Gasteiger partial charge is 0.151 e. The van der Waals surface area contributed by atoms with Gasteiger partial charge in [0.15, 0.2) is 5.15 Å². The first-order chi connectivity index (χ1) is 5.24. The summed E-state index contributed by atoms with van der Waals surface area (Å²) in [6, 6.07) is 1.67. The summed E-state index contributed by atoms with van der Waals surface area (Å²) in [5, 5.41) is 4.32. The van der Waals surface area contributed by atoms with Gasteiger partial charge in [0, 0.05) is 6.20 Å². The minimum atomic E-state index is -0.333. The van der Waals surface area contributed by atoms with Gasteiger partial charge in [0.1, 0.15) is 6.17 Å². The fourth-order valence-corrected chi connectivity index (χ4v) is 0.822. The molecule has 0 spiro atoms. The lowest BCUT2D eigenvalue weighted by molar-refractivity contribution is 0.558. The zero-order valence-corrected chi connectivity index (χ0v) is 6.62. The van der Waals surface area contributed by atoms with E-state index >= 15 is 0 Å². The summed E-state index contributed by atoms with van der Waals surface area (Å²) in [7, 11) is 0. The minimum absolute atomic E-state index is 0.333. The Morgan fingerprint density at radius 1 is 1.91 bits per heavy atom. The highest BCUT2D eigenvalue weighted by Crippen LogP contribution is 2.05. The van der Waals surface area contributed by atoms with E-state index in [1.54, 1.807) is 18.3 Å². The van der Waals surface area contributed by atoms with Gasteiger partial charge < -0.3 is 5.73 Å². The molecule has 1 rings (SSSR count). The van der Waals surface area contributed by atoms with Crippen LogP contribution in [0, 0.1) is 0 Å². The monoisotopic (exact) mass is 169 g/mol. The number of hydrogen-bond acceptors (Lipinski definition) is 2. The molecule has 1 aromatic rings. The molecule has 3 nitrogen and oxygen atoms in total. The van der Waals surface area contributed by atoms with E-state index in [1.165, 1.54) is 4.68 Å². The van der Waals surface area contributed by atoms with Gasteiger partial charge >= 0.3 is 0 Å². The van der Waals surface area contributed by atoms with Crippen molar-refractivity contribution in [1.82, 2.24) is 9.78 Å². The van der Waals surface area contributed by atoms with Gasteiger partial charge in [0.25, 0.3) is 0 Å². The van der Waals surface area contributed by atoms with Crippen LogP contribution in [0.5, 0.6) is 0 Å². The number of aromatic nitrogens is 2. The van der Waals surface area contributed by atoms with Gasteiger partial charge in [-0.1, -0.05) is 18.2 Å². The minimum Gasteiger partial charge on any atom is -0.306 e. The Morgan fingerprint density at radius 2 is 2.64 bits per heavy atom. The van der Waals surface area contributed by atoms with Crippen LogP contribution in [-0.4, -0.2) is 9.78 Å². The maximum atomic E-state index is 5.60. The number of halogens is 1. The molecule has 0 aliphatic heterocycles. The van der Waals surface area contributed by atoms with E-state index in [9.17, 15) is 0 Å². The van der Waals surface area contributed by atoms with Crippen molar-refractivity contribution in [2.24, 2.45) is 5.73 Å². The van der Waals surface area contributed by atoms with Crippen LogP contribution in [0.25, 0.3) is 0 Å². The number of nitrogens with zero attached hydrogens (tertiary/aromatic N) is 2. The highest BCUT2D eigenvalue weighted by Gasteiger charge is 2.00. The van der Waals surface area contributed by atoms with Crippen molar-refractivity contribution in [3.8, 4) is 0 Å². The maximum absolute atomic E-state index is 5.60. The van der Waals surface area contributed by atoms with E-state index in [-0.39, 0.29) is 6.17 Å². The highest BCUT2D eigenvalue weighted by molar-refractivity contribution is 6.29. The molecule has 1 aromatic heterocycles. The fourth-order valence-electron chi connectivity index (χ4n) is 0.678. The summed E-state index contributed by atoms with van der Waals surface area (Å²) >= 11 is 5.57. The number of hydrogen-bond donors (Lipinski definition) is 1. The third kappa shape index (κ3) is 1.95. The predicted molar refractivity (Wildman–Crippen MR) is 44.2 cm³/mol. The van der Waals surface area contributed by atoms with Crippen LogP contribution in [0.4, 0.5) is 0 Å². The average molecular weight is 170 g/mol. The van der Waals surface area contributed by atoms with Crippen LogP contribution in [0.1, 0.15) is 6.17 Å². The zero-order valence-electron chi connectivity index (χ0n) is 5.87. The highest BCUT2D eigenvalue weighted by atomic mass is 35.5. The fraction of sp³-hybridized carbons (Fsp3) is 0.143. The second-order valence-electron chi connectivity index (χ2n) is 1.98. The molecule has 58 valence electrons. The van der Waals surface area contributed by atoms with Crippen LogP contribution in [0.3, 0.4) is 0 Å². The SMILES string of the molecule is C=C=CC(N)n1ccc(Cl)n1. The lowest BCUT2D eigenvalue weighted by Gasteiger charge is -2.03. The van der Waals surface area contributed by atoms with Gasteiger partial charge in [-0.2, -0.15) is 5.10 Å². The van der Waals surface area contributed by atoms with Crippen LogP contribution in [-0.2, 0) is 0 Å². The Hall–Kier alpha value is -1.02. The second kappa shape index (κ2) is 3.39. The lowest BCUT2D eigenvalue weighted by Crippen LogP contribution is -2.16. The van der Waals surface area contributed by atoms with E-state index in [4.69, 9.17) is 17.3 Å². The summed E-state index contributed by atoms with van der Waals surface area (Å²) in [4.78, 5) is 0. The van der Waals surface area contributed by atoms with E-state index in [0.717, 1.165) is 0 Å². The summed E-state index contributed by atoms with van der Waals surface area (Å²) < 4.78 is 1.53. The third-order valence-corrected chi connectivity index (χ3v) is 1.37. The zero-order chi connectivity index (χ0) is 8.27. The summed E-state index contributed by atoms with van der Waals surface area (Å²) in [6.45, 7) is 3.40. The van der Waals surface area contributed by atoms with Crippen LogP contribution >= 0.6 is 11.6 Å². The molecule has 4 heteroatoms. The van der Waals surface area contributed by atoms with E-state index in [1.807, 2.05) is 0 Å². The first kappa shape index (κ1) is 8.08. The van der Waals surface area contributed by atoms with Crippen LogP contribution in [0.2, 0.25) is 5.15 Å². The molecule has 1 atom stereocenters. The Balaban J connectivity index is 2.84. The molecule has 0 bridgehead atoms. The molecule has 0 saturated carbocycles. The second-order valence-corrected chi connectivity index (χ2v) is 2.37. The van der Waals surface area contributed by atoms with E-state index < -0.39 is 0 Å². The van der Waals surface area contributed by atoms with Crippen LogP contribution < -0.4 is 5.73 Å². The average Bonchev–Trinajstić information content (AvgIpc) is 2.36. The molecule has 0 amide bonds. The van der Waals surface area contributed by atoms with Crippen LogP contribution in [0.15, 0.2) is 30.6 Å². The molecule has 1 heterocycles. The Morgan fingerprint density at radius 3 is 3.09 bits per heavy atom. The van der Waals surface area contributed by atoms with Crippen molar-refractivity contribution < 1.29 is 0 Å². The normalized spacial score (nSPS) is 12.2. The molecule has 0 radical (unpaired) electrons. The van der Waals surface area contributed by atoms with E-state index in [2.05, 4.69) is 17.4 Å². The molecule has 0 fully saturated rings. The predicted octanol–water partition coefficient (Wildman–Crippen LogP) is 1.33. The lowest BCUT2D eigenvalue weighted by atomic mass is 10.5. The molecular formula is C7H8ClN3. The van der Waals surface area contributed by atoms with Gasteiger partial charge in [0.2, 0.25) is 0 Å². The van der Waals surface area contributed by atoms with Crippen molar-refractivity contribution >= 4 is 11.6 Å². The summed E-state index contributed by atoms with van der Waals surface area (Å²) in [5.41, 5.74) is 8.17. The molecule has 2 N–H and O–H groups in total. The quantitative estimate of drug-likeness (QED) is 0.679. The summed E-state index contributed by atoms with van der Waals surface area (Å²) in [5.74, 6) is 0. The van der Waals surface area contributed by atoms with E-state index in [0.29, 0.717) is 5.15 Å². The van der Waals surface area contributed by atoms with Gasteiger partial charge in [-0.05, 0) is 12.1 Å². The first-order valence-electron chi connectivity index (χ1n) is 3.06. The van der Waals surface area contributed by atoms with Crippen molar-refractivity contribution in [3.05, 3.63) is 35.8 Å². The van der Waals surface area contributed by atoms with Gasteiger partial charge in [-0.15, -0.1) is 5.73 Å². The van der Waals surface area contributed by atoms with Gasteiger partial charge in [-0.25, -0.2) is 4.68 Å². The first-order valence-corrected chi connectivity index (χ1v) is 3.44. The molecule has 11 heavy (non-hydrogen) atoms. The summed E-state index contributed by atoms with van der Waals surface area (Å²) in [6.07, 6.45) is 2.96. The topological polar surface area (TPSA) is 43.8 Å². The molecule has 0 saturated heterocycles. The molecule has 0 aliphatic rings. The molecule has 0 aliphatic carbocycles. The largest absolute Gasteiger partial charge is 0.306 e. The number of nitrogens with two attached hydrogens (primary N) is 1. The van der Waals surface area contributed by atoms with Crippen molar-refractivity contribution in [2.75, 3.05) is 0 Å². The molecule has 0 aromatic carbocycles. The maximum Gasteiger partial charge on any atom is 0.151 e. The molecular weight excluding hydrogens is 162 g/mol. The standard InChI is InChI=1S/C7H8ClN3/c1-2-3-7(9)11-5-4-6(8)10-11/h3-5,7H,1,9H2. The van der Waals surface area contributed by atoms with Crippen molar-refractivity contribution in [3.63, 3.8) is 0 Å². The Bertz CT molecular complexity index is 286. The molecule has 1 unspecified atom stereocenters. The van der Waals surface area contributed by atoms with Crippen molar-refractivity contribution in [1.29, 1.82) is 0 Å². The van der Waals surface area contributed by atoms with Gasteiger partial charge in [-0.3, -0.25) is 0 Å².